The van der Waals surface area contributed by atoms with Crippen LogP contribution in [0.3, 0.4) is 0 Å². The summed E-state index contributed by atoms with van der Waals surface area (Å²) in [7, 11) is 1.63. The second-order valence-corrected chi connectivity index (χ2v) is 5.44. The van der Waals surface area contributed by atoms with Crippen molar-refractivity contribution in [3.63, 3.8) is 0 Å². The summed E-state index contributed by atoms with van der Waals surface area (Å²) < 4.78 is 7.19. The maximum Gasteiger partial charge on any atom is 0.240 e. The van der Waals surface area contributed by atoms with E-state index in [0.717, 1.165) is 16.7 Å². The van der Waals surface area contributed by atoms with E-state index in [1.165, 1.54) is 0 Å². The SMILES string of the molecule is COc1cccc2c1ccn2CC(=O)NC(CO)C(C)C. The summed E-state index contributed by atoms with van der Waals surface area (Å²) in [5.74, 6) is 0.880. The van der Waals surface area contributed by atoms with Gasteiger partial charge in [0.15, 0.2) is 0 Å². The van der Waals surface area contributed by atoms with E-state index in [1.807, 2.05) is 48.9 Å². The molecule has 0 saturated carbocycles. The number of hydrogen-bond donors (Lipinski definition) is 2. The summed E-state index contributed by atoms with van der Waals surface area (Å²) in [6, 6.07) is 7.48. The second kappa shape index (κ2) is 6.63. The lowest BCUT2D eigenvalue weighted by molar-refractivity contribution is -0.123. The Morgan fingerprint density at radius 3 is 2.76 bits per heavy atom. The molecule has 1 aromatic carbocycles. The van der Waals surface area contributed by atoms with Crippen LogP contribution in [0.25, 0.3) is 10.9 Å². The molecule has 21 heavy (non-hydrogen) atoms. The normalized spacial score (nSPS) is 12.6. The van der Waals surface area contributed by atoms with Crippen LogP contribution in [0.15, 0.2) is 30.5 Å². The van der Waals surface area contributed by atoms with Crippen molar-refractivity contribution >= 4 is 16.8 Å². The number of methoxy groups -OCH3 is 1. The highest BCUT2D eigenvalue weighted by molar-refractivity contribution is 5.88. The molecule has 0 aliphatic heterocycles. The molecule has 2 rings (SSSR count). The fourth-order valence-electron chi connectivity index (χ4n) is 2.34. The minimum Gasteiger partial charge on any atom is -0.496 e. The summed E-state index contributed by atoms with van der Waals surface area (Å²) in [6.45, 7) is 4.11. The molecule has 0 spiro atoms. The monoisotopic (exact) mass is 290 g/mol. The molecule has 1 aromatic heterocycles. The molecular formula is C16H22N2O3. The predicted molar refractivity (Wildman–Crippen MR) is 82.3 cm³/mol. The molecule has 5 heteroatoms. The Balaban J connectivity index is 2.15. The largest absolute Gasteiger partial charge is 0.496 e. The number of ether oxygens (including phenoxy) is 1. The molecule has 114 valence electrons. The summed E-state index contributed by atoms with van der Waals surface area (Å²) in [5.41, 5.74) is 0.953. The smallest absolute Gasteiger partial charge is 0.240 e. The Bertz CT molecular complexity index is 619. The van der Waals surface area contributed by atoms with E-state index in [2.05, 4.69) is 5.32 Å². The Morgan fingerprint density at radius 2 is 2.14 bits per heavy atom. The number of aliphatic hydroxyl groups is 1. The summed E-state index contributed by atoms with van der Waals surface area (Å²) >= 11 is 0. The van der Waals surface area contributed by atoms with E-state index in [0.29, 0.717) is 0 Å². The van der Waals surface area contributed by atoms with Gasteiger partial charge in [0.2, 0.25) is 5.91 Å². The van der Waals surface area contributed by atoms with Crippen molar-refractivity contribution in [1.82, 2.24) is 9.88 Å². The lowest BCUT2D eigenvalue weighted by Gasteiger charge is -2.20. The van der Waals surface area contributed by atoms with Crippen LogP contribution in [-0.4, -0.2) is 35.3 Å². The van der Waals surface area contributed by atoms with Gasteiger partial charge in [0, 0.05) is 11.6 Å². The molecule has 5 nitrogen and oxygen atoms in total. The van der Waals surface area contributed by atoms with E-state index in [4.69, 9.17) is 4.74 Å². The number of carbonyl (C=O) groups is 1. The third-order valence-corrected chi connectivity index (χ3v) is 3.66. The van der Waals surface area contributed by atoms with Gasteiger partial charge in [0.1, 0.15) is 12.3 Å². The number of carbonyl (C=O) groups excluding carboxylic acids is 1. The maximum atomic E-state index is 12.1. The van der Waals surface area contributed by atoms with E-state index >= 15 is 0 Å². The molecule has 0 aliphatic carbocycles. The fraction of sp³-hybridized carbons (Fsp3) is 0.438. The number of fused-ring (bicyclic) bond motifs is 1. The first-order chi connectivity index (χ1) is 10.1. The molecule has 1 amide bonds. The Hall–Kier alpha value is -2.01. The lowest BCUT2D eigenvalue weighted by Crippen LogP contribution is -2.42. The molecule has 0 saturated heterocycles. The molecule has 0 radical (unpaired) electrons. The number of amides is 1. The summed E-state index contributed by atoms with van der Waals surface area (Å²) in [4.78, 5) is 12.1. The van der Waals surface area contributed by atoms with E-state index in [9.17, 15) is 9.90 Å². The van der Waals surface area contributed by atoms with Gasteiger partial charge in [-0.05, 0) is 24.1 Å². The summed E-state index contributed by atoms with van der Waals surface area (Å²) in [5, 5.41) is 13.1. The van der Waals surface area contributed by atoms with Gasteiger partial charge in [0.25, 0.3) is 0 Å². The predicted octanol–water partition coefficient (Wildman–Crippen LogP) is 1.78. The van der Waals surface area contributed by atoms with Gasteiger partial charge in [-0.3, -0.25) is 4.79 Å². The van der Waals surface area contributed by atoms with Gasteiger partial charge in [0.05, 0.1) is 25.3 Å². The quantitative estimate of drug-likeness (QED) is 0.852. The van der Waals surface area contributed by atoms with Crippen molar-refractivity contribution in [1.29, 1.82) is 0 Å². The highest BCUT2D eigenvalue weighted by Gasteiger charge is 2.16. The average molecular weight is 290 g/mol. The second-order valence-electron chi connectivity index (χ2n) is 5.44. The molecule has 2 aromatic rings. The van der Waals surface area contributed by atoms with Crippen LogP contribution in [0.1, 0.15) is 13.8 Å². The number of hydrogen-bond acceptors (Lipinski definition) is 3. The molecule has 0 aliphatic rings. The van der Waals surface area contributed by atoms with Crippen LogP contribution >= 0.6 is 0 Å². The third kappa shape index (κ3) is 3.36. The Morgan fingerprint density at radius 1 is 1.38 bits per heavy atom. The van der Waals surface area contributed by atoms with Crippen LogP contribution in [0.4, 0.5) is 0 Å². The zero-order valence-corrected chi connectivity index (χ0v) is 12.7. The number of aromatic nitrogens is 1. The van der Waals surface area contributed by atoms with E-state index < -0.39 is 0 Å². The van der Waals surface area contributed by atoms with Crippen LogP contribution < -0.4 is 10.1 Å². The first kappa shape index (κ1) is 15.4. The zero-order chi connectivity index (χ0) is 15.4. The van der Waals surface area contributed by atoms with E-state index in [1.54, 1.807) is 7.11 Å². The zero-order valence-electron chi connectivity index (χ0n) is 12.7. The van der Waals surface area contributed by atoms with Crippen LogP contribution in [-0.2, 0) is 11.3 Å². The van der Waals surface area contributed by atoms with Gasteiger partial charge in [-0.1, -0.05) is 19.9 Å². The first-order valence-corrected chi connectivity index (χ1v) is 7.09. The first-order valence-electron chi connectivity index (χ1n) is 7.09. The lowest BCUT2D eigenvalue weighted by atomic mass is 10.1. The highest BCUT2D eigenvalue weighted by Crippen LogP contribution is 2.26. The molecule has 1 heterocycles. The molecule has 0 fully saturated rings. The van der Waals surface area contributed by atoms with Gasteiger partial charge >= 0.3 is 0 Å². The number of nitrogens with zero attached hydrogens (tertiary/aromatic N) is 1. The van der Waals surface area contributed by atoms with Gasteiger partial charge in [-0.25, -0.2) is 0 Å². The standard InChI is InChI=1S/C16H22N2O3/c1-11(2)13(10-19)17-16(20)9-18-8-7-12-14(18)5-4-6-15(12)21-3/h4-8,11,13,19H,9-10H2,1-3H3,(H,17,20). The van der Waals surface area contributed by atoms with Crippen LogP contribution in [0.5, 0.6) is 5.75 Å². The number of aliphatic hydroxyl groups excluding tert-OH is 1. The molecule has 0 bridgehead atoms. The number of benzene rings is 1. The van der Waals surface area contributed by atoms with Crippen molar-refractivity contribution in [2.24, 2.45) is 5.92 Å². The van der Waals surface area contributed by atoms with Gasteiger partial charge < -0.3 is 19.7 Å². The van der Waals surface area contributed by atoms with Crippen LogP contribution in [0, 0.1) is 5.92 Å². The average Bonchev–Trinajstić information content (AvgIpc) is 2.87. The summed E-state index contributed by atoms with van der Waals surface area (Å²) in [6.07, 6.45) is 1.87. The molecular weight excluding hydrogens is 268 g/mol. The van der Waals surface area contributed by atoms with Gasteiger partial charge in [-0.15, -0.1) is 0 Å². The number of nitrogens with one attached hydrogen (secondary N) is 1. The molecule has 1 atom stereocenters. The van der Waals surface area contributed by atoms with Crippen molar-refractivity contribution in [2.75, 3.05) is 13.7 Å². The maximum absolute atomic E-state index is 12.1. The number of rotatable bonds is 6. The van der Waals surface area contributed by atoms with Crippen molar-refractivity contribution in [3.05, 3.63) is 30.5 Å². The van der Waals surface area contributed by atoms with Crippen molar-refractivity contribution in [3.8, 4) is 5.75 Å². The Kier molecular flexibility index (Phi) is 4.85. The Labute approximate surface area is 124 Å². The van der Waals surface area contributed by atoms with Crippen molar-refractivity contribution < 1.29 is 14.6 Å². The third-order valence-electron chi connectivity index (χ3n) is 3.66. The minimum atomic E-state index is -0.214. The fourth-order valence-corrected chi connectivity index (χ4v) is 2.34. The van der Waals surface area contributed by atoms with E-state index in [-0.39, 0.29) is 31.0 Å². The highest BCUT2D eigenvalue weighted by atomic mass is 16.5. The topological polar surface area (TPSA) is 63.5 Å². The van der Waals surface area contributed by atoms with Crippen molar-refractivity contribution in [2.45, 2.75) is 26.4 Å². The molecule has 2 N–H and O–H groups in total. The van der Waals surface area contributed by atoms with Gasteiger partial charge in [-0.2, -0.15) is 0 Å². The van der Waals surface area contributed by atoms with Crippen LogP contribution in [0.2, 0.25) is 0 Å². The minimum absolute atomic E-state index is 0.0519. The molecule has 1 unspecified atom stereocenters.